The van der Waals surface area contributed by atoms with Crippen molar-refractivity contribution in [3.05, 3.63) is 64.8 Å². The van der Waals surface area contributed by atoms with E-state index in [1.54, 1.807) is 30.5 Å². The molecular formula is C25H28F2N2O4. The second kappa shape index (κ2) is 9.11. The van der Waals surface area contributed by atoms with E-state index in [2.05, 4.69) is 4.98 Å². The van der Waals surface area contributed by atoms with Crippen molar-refractivity contribution in [3.63, 3.8) is 0 Å². The van der Waals surface area contributed by atoms with E-state index in [-0.39, 0.29) is 29.5 Å². The summed E-state index contributed by atoms with van der Waals surface area (Å²) in [6, 6.07) is 5.42. The molecule has 1 aliphatic heterocycles. The molecule has 0 unspecified atom stereocenters. The number of rotatable bonds is 7. The SMILES string of the molecule is CCO[C@H]1CCN(C(F)(F)c2c(OC)cc(C)c3[nH]ccc23)[C@H](c2ccc(C(=O)O)cc2)C1. The number of methoxy groups -OCH3 is 1. The van der Waals surface area contributed by atoms with Gasteiger partial charge in [-0.25, -0.2) is 9.69 Å². The van der Waals surface area contributed by atoms with Crippen molar-refractivity contribution in [2.75, 3.05) is 20.3 Å². The monoisotopic (exact) mass is 458 g/mol. The summed E-state index contributed by atoms with van der Waals surface area (Å²) >= 11 is 0. The van der Waals surface area contributed by atoms with Crippen molar-refractivity contribution < 1.29 is 28.2 Å². The van der Waals surface area contributed by atoms with Crippen LogP contribution < -0.4 is 4.74 Å². The molecule has 1 aromatic heterocycles. The molecule has 33 heavy (non-hydrogen) atoms. The molecule has 1 saturated heterocycles. The number of H-pyrrole nitrogens is 1. The largest absolute Gasteiger partial charge is 0.496 e. The zero-order chi connectivity index (χ0) is 23.8. The van der Waals surface area contributed by atoms with Gasteiger partial charge in [-0.05, 0) is 62.1 Å². The van der Waals surface area contributed by atoms with Gasteiger partial charge in [-0.3, -0.25) is 0 Å². The number of piperidine rings is 1. The molecule has 0 radical (unpaired) electrons. The first-order valence-electron chi connectivity index (χ1n) is 11.0. The van der Waals surface area contributed by atoms with Crippen molar-refractivity contribution in [1.29, 1.82) is 0 Å². The van der Waals surface area contributed by atoms with Gasteiger partial charge in [-0.1, -0.05) is 12.1 Å². The van der Waals surface area contributed by atoms with Crippen LogP contribution in [-0.4, -0.2) is 47.3 Å². The van der Waals surface area contributed by atoms with Gasteiger partial charge in [0.2, 0.25) is 0 Å². The summed E-state index contributed by atoms with van der Waals surface area (Å²) in [5, 5.41) is 9.64. The molecule has 4 rings (SSSR count). The second-order valence-corrected chi connectivity index (χ2v) is 8.32. The molecule has 0 saturated carbocycles. The number of hydrogen-bond donors (Lipinski definition) is 2. The Kier molecular flexibility index (Phi) is 6.41. The molecule has 2 heterocycles. The van der Waals surface area contributed by atoms with Gasteiger partial charge in [0.25, 0.3) is 0 Å². The quantitative estimate of drug-likeness (QED) is 0.459. The van der Waals surface area contributed by atoms with E-state index in [1.807, 2.05) is 13.8 Å². The standard InChI is InChI=1S/C25H28F2N2O4/c1-4-33-18-10-12-29(20(14-18)16-5-7-17(8-6-16)24(30)31)25(26,27)22-19-9-11-28-23(19)15(2)13-21(22)32-3/h5-9,11,13,18,20,28H,4,10,12,14H2,1-3H3,(H,30,31)/t18-,20-/m0/s1. The Morgan fingerprint density at radius 1 is 1.27 bits per heavy atom. The molecule has 1 fully saturated rings. The summed E-state index contributed by atoms with van der Waals surface area (Å²) in [6.07, 6.45) is 2.34. The van der Waals surface area contributed by atoms with E-state index in [4.69, 9.17) is 9.47 Å². The van der Waals surface area contributed by atoms with Crippen LogP contribution in [0.15, 0.2) is 42.6 Å². The predicted octanol–water partition coefficient (Wildman–Crippen LogP) is 5.47. The zero-order valence-corrected chi connectivity index (χ0v) is 18.9. The van der Waals surface area contributed by atoms with Gasteiger partial charge in [-0.15, -0.1) is 0 Å². The lowest BCUT2D eigenvalue weighted by Gasteiger charge is -2.44. The first-order chi connectivity index (χ1) is 15.8. The maximum atomic E-state index is 16.4. The highest BCUT2D eigenvalue weighted by Crippen LogP contribution is 2.49. The number of hydrogen-bond acceptors (Lipinski definition) is 4. The molecule has 0 spiro atoms. The number of halogens is 2. The number of aromatic amines is 1. The number of likely N-dealkylation sites (tertiary alicyclic amines) is 1. The fourth-order valence-electron chi connectivity index (χ4n) is 4.81. The first kappa shape index (κ1) is 23.2. The number of benzene rings is 2. The Balaban J connectivity index is 1.81. The van der Waals surface area contributed by atoms with Gasteiger partial charge >= 0.3 is 12.0 Å². The summed E-state index contributed by atoms with van der Waals surface area (Å²) in [7, 11) is 1.40. The number of fused-ring (bicyclic) bond motifs is 1. The maximum absolute atomic E-state index is 16.4. The van der Waals surface area contributed by atoms with Crippen LogP contribution in [-0.2, 0) is 10.8 Å². The van der Waals surface area contributed by atoms with Crippen LogP contribution in [0, 0.1) is 6.92 Å². The van der Waals surface area contributed by atoms with Crippen LogP contribution in [0.1, 0.15) is 52.9 Å². The van der Waals surface area contributed by atoms with Gasteiger partial charge in [0, 0.05) is 36.3 Å². The van der Waals surface area contributed by atoms with E-state index >= 15 is 8.78 Å². The molecule has 8 heteroatoms. The molecule has 0 aliphatic carbocycles. The number of carbonyl (C=O) groups is 1. The fraction of sp³-hybridized carbons (Fsp3) is 0.400. The molecule has 2 N–H and O–H groups in total. The van der Waals surface area contributed by atoms with Gasteiger partial charge in [0.15, 0.2) is 0 Å². The summed E-state index contributed by atoms with van der Waals surface area (Å²) in [6.45, 7) is 4.36. The molecule has 176 valence electrons. The van der Waals surface area contributed by atoms with Gasteiger partial charge in [-0.2, -0.15) is 8.78 Å². The maximum Gasteiger partial charge on any atom is 0.336 e. The molecular weight excluding hydrogens is 430 g/mol. The Bertz CT molecular complexity index is 1140. The highest BCUT2D eigenvalue weighted by molar-refractivity contribution is 5.89. The molecule has 0 amide bonds. The number of aromatic carboxylic acids is 1. The zero-order valence-electron chi connectivity index (χ0n) is 18.9. The van der Waals surface area contributed by atoms with Crippen LogP contribution in [0.25, 0.3) is 10.9 Å². The average Bonchev–Trinajstić information content (AvgIpc) is 3.29. The fourth-order valence-corrected chi connectivity index (χ4v) is 4.81. The van der Waals surface area contributed by atoms with Crippen molar-refractivity contribution in [2.45, 2.75) is 44.9 Å². The number of nitrogens with zero attached hydrogens (tertiary/aromatic N) is 1. The summed E-state index contributed by atoms with van der Waals surface area (Å²) < 4.78 is 44.0. The summed E-state index contributed by atoms with van der Waals surface area (Å²) in [5.41, 5.74) is 2.04. The van der Waals surface area contributed by atoms with Crippen LogP contribution in [0.2, 0.25) is 0 Å². The molecule has 3 aromatic rings. The minimum absolute atomic E-state index is 0.114. The summed E-state index contributed by atoms with van der Waals surface area (Å²) in [5.74, 6) is -0.921. The molecule has 1 aliphatic rings. The Morgan fingerprint density at radius 2 is 2.00 bits per heavy atom. The molecule has 0 bridgehead atoms. The van der Waals surface area contributed by atoms with E-state index in [1.165, 1.54) is 24.1 Å². The lowest BCUT2D eigenvalue weighted by molar-refractivity contribution is -0.195. The van der Waals surface area contributed by atoms with Crippen molar-refractivity contribution in [3.8, 4) is 5.75 Å². The number of aryl methyl sites for hydroxylation is 1. The number of carboxylic acid groups (broad SMARTS) is 1. The smallest absolute Gasteiger partial charge is 0.336 e. The molecule has 2 atom stereocenters. The number of carboxylic acids is 1. The Labute approximate surface area is 191 Å². The third kappa shape index (κ3) is 4.20. The number of ether oxygens (including phenoxy) is 2. The van der Waals surface area contributed by atoms with Crippen LogP contribution >= 0.6 is 0 Å². The van der Waals surface area contributed by atoms with Crippen molar-refractivity contribution in [1.82, 2.24) is 9.88 Å². The van der Waals surface area contributed by atoms with Crippen molar-refractivity contribution >= 4 is 16.9 Å². The van der Waals surface area contributed by atoms with E-state index < -0.39 is 18.1 Å². The van der Waals surface area contributed by atoms with E-state index in [9.17, 15) is 9.90 Å². The molecule has 6 nitrogen and oxygen atoms in total. The normalized spacial score (nSPS) is 19.7. The van der Waals surface area contributed by atoms with Gasteiger partial charge < -0.3 is 19.6 Å². The first-order valence-corrected chi connectivity index (χ1v) is 11.0. The van der Waals surface area contributed by atoms with Crippen LogP contribution in [0.5, 0.6) is 5.75 Å². The van der Waals surface area contributed by atoms with Gasteiger partial charge in [0.05, 0.1) is 24.3 Å². The third-order valence-corrected chi connectivity index (χ3v) is 6.39. The van der Waals surface area contributed by atoms with E-state index in [0.717, 1.165) is 5.56 Å². The predicted molar refractivity (Wildman–Crippen MR) is 121 cm³/mol. The average molecular weight is 459 g/mol. The highest BCUT2D eigenvalue weighted by Gasteiger charge is 2.49. The lowest BCUT2D eigenvalue weighted by Crippen LogP contribution is -2.48. The summed E-state index contributed by atoms with van der Waals surface area (Å²) in [4.78, 5) is 15.5. The van der Waals surface area contributed by atoms with Crippen LogP contribution in [0.4, 0.5) is 8.78 Å². The number of alkyl halides is 2. The Morgan fingerprint density at radius 3 is 2.64 bits per heavy atom. The topological polar surface area (TPSA) is 74.8 Å². The minimum Gasteiger partial charge on any atom is -0.496 e. The van der Waals surface area contributed by atoms with Crippen LogP contribution in [0.3, 0.4) is 0 Å². The van der Waals surface area contributed by atoms with Gasteiger partial charge in [0.1, 0.15) is 5.75 Å². The number of aromatic nitrogens is 1. The Hall–Kier alpha value is -2.97. The lowest BCUT2D eigenvalue weighted by atomic mass is 9.90. The molecule has 2 aromatic carbocycles. The van der Waals surface area contributed by atoms with E-state index in [0.29, 0.717) is 35.9 Å². The third-order valence-electron chi connectivity index (χ3n) is 6.39. The minimum atomic E-state index is -3.34. The highest BCUT2D eigenvalue weighted by atomic mass is 19.3. The second-order valence-electron chi connectivity index (χ2n) is 8.32. The number of nitrogens with one attached hydrogen (secondary N) is 1. The van der Waals surface area contributed by atoms with Crippen molar-refractivity contribution in [2.24, 2.45) is 0 Å².